The fourth-order valence-electron chi connectivity index (χ4n) is 2.15. The summed E-state index contributed by atoms with van der Waals surface area (Å²) in [5.41, 5.74) is 5.67. The van der Waals surface area contributed by atoms with E-state index in [1.165, 1.54) is 27.1 Å². The van der Waals surface area contributed by atoms with E-state index in [0.29, 0.717) is 0 Å². The lowest BCUT2D eigenvalue weighted by Gasteiger charge is -2.10. The van der Waals surface area contributed by atoms with Crippen LogP contribution in [0.3, 0.4) is 0 Å². The summed E-state index contributed by atoms with van der Waals surface area (Å²) in [6.07, 6.45) is 1.13. The molecule has 2 aromatic rings. The lowest BCUT2D eigenvalue weighted by atomic mass is 10.0. The maximum Gasteiger partial charge on any atom is 0.0305 e. The molecule has 1 aromatic carbocycles. The van der Waals surface area contributed by atoms with Crippen LogP contribution in [0.2, 0.25) is 0 Å². The van der Waals surface area contributed by atoms with Crippen LogP contribution in [0.5, 0.6) is 0 Å². The van der Waals surface area contributed by atoms with Gasteiger partial charge in [0.25, 0.3) is 0 Å². The van der Waals surface area contributed by atoms with Gasteiger partial charge in [0.05, 0.1) is 0 Å². The summed E-state index contributed by atoms with van der Waals surface area (Å²) in [5, 5.41) is 5.75. The van der Waals surface area contributed by atoms with Crippen molar-refractivity contribution in [3.63, 3.8) is 0 Å². The Bertz CT molecular complexity index is 514. The standard InChI is InChI=1S/C16H21NS/c1-4-14-8-9-18-16(14)11-17-10-15-7-5-6-12(2)13(15)3/h5-9,17H,4,10-11H2,1-3H3. The molecule has 0 aliphatic heterocycles. The molecule has 0 fully saturated rings. The SMILES string of the molecule is CCc1ccsc1CNCc1cccc(C)c1C. The first-order chi connectivity index (χ1) is 8.72. The molecule has 1 nitrogen and oxygen atoms in total. The highest BCUT2D eigenvalue weighted by molar-refractivity contribution is 7.10. The number of thiophene rings is 1. The van der Waals surface area contributed by atoms with E-state index in [4.69, 9.17) is 0 Å². The van der Waals surface area contributed by atoms with Crippen molar-refractivity contribution in [2.75, 3.05) is 0 Å². The highest BCUT2D eigenvalue weighted by atomic mass is 32.1. The van der Waals surface area contributed by atoms with Crippen LogP contribution in [-0.2, 0) is 19.5 Å². The van der Waals surface area contributed by atoms with E-state index in [2.05, 4.69) is 55.7 Å². The molecule has 0 bridgehead atoms. The van der Waals surface area contributed by atoms with Gasteiger partial charge >= 0.3 is 0 Å². The maximum atomic E-state index is 3.56. The molecule has 0 aliphatic carbocycles. The first-order valence-corrected chi connectivity index (χ1v) is 7.41. The minimum absolute atomic E-state index is 0.953. The Morgan fingerprint density at radius 2 is 1.89 bits per heavy atom. The second-order valence-corrected chi connectivity index (χ2v) is 5.69. The Labute approximate surface area is 114 Å². The molecular weight excluding hydrogens is 238 g/mol. The molecule has 0 spiro atoms. The lowest BCUT2D eigenvalue weighted by Crippen LogP contribution is -2.13. The molecule has 0 unspecified atom stereocenters. The van der Waals surface area contributed by atoms with Crippen LogP contribution < -0.4 is 5.32 Å². The van der Waals surface area contributed by atoms with Crippen molar-refractivity contribution >= 4 is 11.3 Å². The summed E-state index contributed by atoms with van der Waals surface area (Å²) in [6.45, 7) is 8.53. The molecule has 96 valence electrons. The van der Waals surface area contributed by atoms with Crippen molar-refractivity contribution in [2.24, 2.45) is 0 Å². The minimum Gasteiger partial charge on any atom is -0.308 e. The topological polar surface area (TPSA) is 12.0 Å². The first kappa shape index (κ1) is 13.3. The molecule has 1 aromatic heterocycles. The number of aryl methyl sites for hydroxylation is 2. The number of nitrogens with one attached hydrogen (secondary N) is 1. The Morgan fingerprint density at radius 3 is 2.67 bits per heavy atom. The fraction of sp³-hybridized carbons (Fsp3) is 0.375. The van der Waals surface area contributed by atoms with Gasteiger partial charge in [-0.3, -0.25) is 0 Å². The third-order valence-corrected chi connectivity index (χ3v) is 4.50. The minimum atomic E-state index is 0.953. The summed E-state index contributed by atoms with van der Waals surface area (Å²) >= 11 is 1.85. The molecule has 0 saturated heterocycles. The zero-order valence-electron chi connectivity index (χ0n) is 11.4. The molecule has 0 saturated carbocycles. The zero-order valence-corrected chi connectivity index (χ0v) is 12.2. The van der Waals surface area contributed by atoms with E-state index in [1.807, 2.05) is 11.3 Å². The predicted molar refractivity (Wildman–Crippen MR) is 80.2 cm³/mol. The highest BCUT2D eigenvalue weighted by Crippen LogP contribution is 2.17. The molecule has 1 N–H and O–H groups in total. The van der Waals surface area contributed by atoms with E-state index in [-0.39, 0.29) is 0 Å². The van der Waals surface area contributed by atoms with Crippen molar-refractivity contribution in [2.45, 2.75) is 40.3 Å². The Kier molecular flexibility index (Phi) is 4.56. The molecule has 1 heterocycles. The zero-order chi connectivity index (χ0) is 13.0. The Balaban J connectivity index is 1.94. The monoisotopic (exact) mass is 259 g/mol. The van der Waals surface area contributed by atoms with Gasteiger partial charge in [0, 0.05) is 18.0 Å². The fourth-order valence-corrected chi connectivity index (χ4v) is 3.10. The van der Waals surface area contributed by atoms with Gasteiger partial charge in [-0.15, -0.1) is 11.3 Å². The van der Waals surface area contributed by atoms with Gasteiger partial charge in [0.1, 0.15) is 0 Å². The maximum absolute atomic E-state index is 3.56. The van der Waals surface area contributed by atoms with Gasteiger partial charge in [-0.25, -0.2) is 0 Å². The lowest BCUT2D eigenvalue weighted by molar-refractivity contribution is 0.693. The van der Waals surface area contributed by atoms with Gasteiger partial charge < -0.3 is 5.32 Å². The summed E-state index contributed by atoms with van der Waals surface area (Å²) in [6, 6.07) is 8.76. The molecular formula is C16H21NS. The normalized spacial score (nSPS) is 10.8. The molecule has 2 heteroatoms. The van der Waals surface area contributed by atoms with Crippen molar-refractivity contribution in [1.29, 1.82) is 0 Å². The van der Waals surface area contributed by atoms with Gasteiger partial charge in [-0.1, -0.05) is 25.1 Å². The molecule has 0 amide bonds. The van der Waals surface area contributed by atoms with E-state index in [0.717, 1.165) is 19.5 Å². The van der Waals surface area contributed by atoms with Crippen LogP contribution in [0, 0.1) is 13.8 Å². The Morgan fingerprint density at radius 1 is 1.06 bits per heavy atom. The van der Waals surface area contributed by atoms with Crippen LogP contribution in [0.25, 0.3) is 0 Å². The molecule has 2 rings (SSSR count). The molecule has 0 atom stereocenters. The van der Waals surface area contributed by atoms with Gasteiger partial charge in [0.2, 0.25) is 0 Å². The smallest absolute Gasteiger partial charge is 0.0305 e. The van der Waals surface area contributed by atoms with E-state index in [1.54, 1.807) is 0 Å². The number of benzene rings is 1. The largest absolute Gasteiger partial charge is 0.308 e. The van der Waals surface area contributed by atoms with E-state index < -0.39 is 0 Å². The predicted octanol–water partition coefficient (Wildman–Crippen LogP) is 4.22. The van der Waals surface area contributed by atoms with Gasteiger partial charge in [-0.05, 0) is 54.0 Å². The first-order valence-electron chi connectivity index (χ1n) is 6.53. The second-order valence-electron chi connectivity index (χ2n) is 4.69. The number of hydrogen-bond donors (Lipinski definition) is 1. The summed E-state index contributed by atoms with van der Waals surface area (Å²) < 4.78 is 0. The summed E-state index contributed by atoms with van der Waals surface area (Å²) in [4.78, 5) is 1.47. The molecule has 0 radical (unpaired) electrons. The van der Waals surface area contributed by atoms with Crippen molar-refractivity contribution in [1.82, 2.24) is 5.32 Å². The van der Waals surface area contributed by atoms with Crippen LogP contribution in [0.15, 0.2) is 29.6 Å². The number of hydrogen-bond acceptors (Lipinski definition) is 2. The van der Waals surface area contributed by atoms with E-state index in [9.17, 15) is 0 Å². The van der Waals surface area contributed by atoms with Crippen molar-refractivity contribution < 1.29 is 0 Å². The second kappa shape index (κ2) is 6.17. The van der Waals surface area contributed by atoms with Gasteiger partial charge in [-0.2, -0.15) is 0 Å². The molecule has 18 heavy (non-hydrogen) atoms. The van der Waals surface area contributed by atoms with E-state index >= 15 is 0 Å². The third kappa shape index (κ3) is 3.01. The molecule has 0 aliphatic rings. The number of rotatable bonds is 5. The Hall–Kier alpha value is -1.12. The van der Waals surface area contributed by atoms with Crippen molar-refractivity contribution in [3.05, 3.63) is 56.8 Å². The van der Waals surface area contributed by atoms with Gasteiger partial charge in [0.15, 0.2) is 0 Å². The summed E-state index contributed by atoms with van der Waals surface area (Å²) in [7, 11) is 0. The summed E-state index contributed by atoms with van der Waals surface area (Å²) in [5.74, 6) is 0. The van der Waals surface area contributed by atoms with Crippen molar-refractivity contribution in [3.8, 4) is 0 Å². The quantitative estimate of drug-likeness (QED) is 0.848. The van der Waals surface area contributed by atoms with Crippen LogP contribution in [-0.4, -0.2) is 0 Å². The van der Waals surface area contributed by atoms with Crippen LogP contribution >= 0.6 is 11.3 Å². The average Bonchev–Trinajstić information content (AvgIpc) is 2.82. The highest BCUT2D eigenvalue weighted by Gasteiger charge is 2.03. The third-order valence-electron chi connectivity index (χ3n) is 3.54. The average molecular weight is 259 g/mol. The van der Waals surface area contributed by atoms with Crippen LogP contribution in [0.1, 0.15) is 34.1 Å². The van der Waals surface area contributed by atoms with Crippen LogP contribution in [0.4, 0.5) is 0 Å².